The molecule has 0 radical (unpaired) electrons. The van der Waals surface area contributed by atoms with Gasteiger partial charge in [-0.25, -0.2) is 13.2 Å². The minimum atomic E-state index is -3.66. The molecular weight excluding hydrogens is 472 g/mol. The van der Waals surface area contributed by atoms with Gasteiger partial charge in [-0.2, -0.15) is 4.31 Å². The van der Waals surface area contributed by atoms with Gasteiger partial charge in [0, 0.05) is 24.8 Å². The van der Waals surface area contributed by atoms with E-state index in [0.29, 0.717) is 30.4 Å². The lowest BCUT2D eigenvalue weighted by Crippen LogP contribution is -2.40. The van der Waals surface area contributed by atoms with E-state index in [1.165, 1.54) is 28.6 Å². The van der Waals surface area contributed by atoms with E-state index in [9.17, 15) is 18.0 Å². The third kappa shape index (κ3) is 6.44. The third-order valence-electron chi connectivity index (χ3n) is 5.13. The molecule has 1 heterocycles. The second-order valence-corrected chi connectivity index (χ2v) is 9.55. The van der Waals surface area contributed by atoms with Gasteiger partial charge in [0.15, 0.2) is 6.61 Å². The molecule has 0 bridgehead atoms. The van der Waals surface area contributed by atoms with Crippen LogP contribution in [-0.2, 0) is 24.3 Å². The van der Waals surface area contributed by atoms with Gasteiger partial charge in [0.25, 0.3) is 5.91 Å². The number of nitrogens with one attached hydrogen (secondary N) is 1. The molecule has 0 saturated carbocycles. The van der Waals surface area contributed by atoms with Gasteiger partial charge in [-0.3, -0.25) is 4.79 Å². The minimum Gasteiger partial charge on any atom is -0.457 e. The topological polar surface area (TPSA) is 111 Å². The van der Waals surface area contributed by atoms with Crippen molar-refractivity contribution in [1.29, 1.82) is 0 Å². The molecule has 35 heavy (non-hydrogen) atoms. The molecule has 182 valence electrons. The summed E-state index contributed by atoms with van der Waals surface area (Å²) >= 11 is 0. The summed E-state index contributed by atoms with van der Waals surface area (Å²) in [5.41, 5.74) is 0.620. The molecule has 4 rings (SSSR count). The van der Waals surface area contributed by atoms with Gasteiger partial charge in [0.1, 0.15) is 11.5 Å². The monoisotopic (exact) mass is 496 g/mol. The summed E-state index contributed by atoms with van der Waals surface area (Å²) < 4.78 is 42.7. The number of morpholine rings is 1. The Bertz CT molecular complexity index is 1270. The predicted molar refractivity (Wildman–Crippen MR) is 128 cm³/mol. The Kier molecular flexibility index (Phi) is 7.76. The number of para-hydroxylation sites is 1. The Morgan fingerprint density at radius 2 is 1.57 bits per heavy atom. The number of amides is 1. The van der Waals surface area contributed by atoms with Crippen molar-refractivity contribution in [3.63, 3.8) is 0 Å². The number of anilines is 1. The SMILES string of the molecule is O=C(COC(=O)c1ccc(S(=O)(=O)N2CCOCC2)cc1)Nc1cccc(Oc2ccccc2)c1. The molecule has 0 aromatic heterocycles. The fraction of sp³-hybridized carbons (Fsp3) is 0.200. The maximum absolute atomic E-state index is 12.7. The highest BCUT2D eigenvalue weighted by molar-refractivity contribution is 7.89. The Hall–Kier alpha value is -3.73. The van der Waals surface area contributed by atoms with Crippen LogP contribution >= 0.6 is 0 Å². The Morgan fingerprint density at radius 3 is 2.29 bits per heavy atom. The fourth-order valence-electron chi connectivity index (χ4n) is 3.37. The molecule has 1 N–H and O–H groups in total. The zero-order valence-corrected chi connectivity index (χ0v) is 19.6. The van der Waals surface area contributed by atoms with Gasteiger partial charge in [-0.15, -0.1) is 0 Å². The van der Waals surface area contributed by atoms with Crippen molar-refractivity contribution in [3.8, 4) is 11.5 Å². The van der Waals surface area contributed by atoms with Crippen LogP contribution in [0.5, 0.6) is 11.5 Å². The maximum atomic E-state index is 12.7. The highest BCUT2D eigenvalue weighted by atomic mass is 32.2. The van der Waals surface area contributed by atoms with Gasteiger partial charge < -0.3 is 19.5 Å². The summed E-state index contributed by atoms with van der Waals surface area (Å²) in [4.78, 5) is 24.7. The second-order valence-electron chi connectivity index (χ2n) is 7.61. The Balaban J connectivity index is 1.30. The van der Waals surface area contributed by atoms with E-state index < -0.39 is 28.5 Å². The number of carbonyl (C=O) groups is 2. The average molecular weight is 497 g/mol. The van der Waals surface area contributed by atoms with Crippen molar-refractivity contribution in [2.75, 3.05) is 38.2 Å². The van der Waals surface area contributed by atoms with Crippen molar-refractivity contribution in [2.24, 2.45) is 0 Å². The largest absolute Gasteiger partial charge is 0.457 e. The van der Waals surface area contributed by atoms with Crippen molar-refractivity contribution in [2.45, 2.75) is 4.90 Å². The first-order valence-electron chi connectivity index (χ1n) is 10.9. The van der Waals surface area contributed by atoms with Crippen LogP contribution in [-0.4, -0.2) is 57.5 Å². The number of ether oxygens (including phenoxy) is 3. The molecule has 1 aliphatic heterocycles. The molecular formula is C25H24N2O7S. The Morgan fingerprint density at radius 1 is 0.886 bits per heavy atom. The lowest BCUT2D eigenvalue weighted by atomic mass is 10.2. The predicted octanol–water partition coefficient (Wildman–Crippen LogP) is 3.30. The van der Waals surface area contributed by atoms with Crippen LogP contribution < -0.4 is 10.1 Å². The summed E-state index contributed by atoms with van der Waals surface area (Å²) in [6.45, 7) is 0.744. The first-order chi connectivity index (χ1) is 16.9. The molecule has 0 spiro atoms. The highest BCUT2D eigenvalue weighted by Gasteiger charge is 2.26. The smallest absolute Gasteiger partial charge is 0.338 e. The van der Waals surface area contributed by atoms with Gasteiger partial charge in [-0.05, 0) is 48.5 Å². The average Bonchev–Trinajstić information content (AvgIpc) is 2.89. The van der Waals surface area contributed by atoms with E-state index in [0.717, 1.165) is 0 Å². The van der Waals surface area contributed by atoms with E-state index in [-0.39, 0.29) is 23.5 Å². The quantitative estimate of drug-likeness (QED) is 0.477. The summed E-state index contributed by atoms with van der Waals surface area (Å²) in [6.07, 6.45) is 0. The van der Waals surface area contributed by atoms with Crippen LogP contribution in [0.1, 0.15) is 10.4 Å². The number of nitrogens with zero attached hydrogens (tertiary/aromatic N) is 1. The molecule has 1 amide bonds. The van der Waals surface area contributed by atoms with Crippen molar-refractivity contribution in [3.05, 3.63) is 84.4 Å². The number of hydrogen-bond donors (Lipinski definition) is 1. The van der Waals surface area contributed by atoms with Gasteiger partial charge in [0.2, 0.25) is 10.0 Å². The molecule has 0 unspecified atom stereocenters. The normalized spacial score (nSPS) is 14.2. The molecule has 1 fully saturated rings. The van der Waals surface area contributed by atoms with Crippen LogP contribution in [0.3, 0.4) is 0 Å². The third-order valence-corrected chi connectivity index (χ3v) is 7.04. The number of esters is 1. The maximum Gasteiger partial charge on any atom is 0.338 e. The van der Waals surface area contributed by atoms with Crippen LogP contribution in [0, 0.1) is 0 Å². The highest BCUT2D eigenvalue weighted by Crippen LogP contribution is 2.24. The number of rotatable bonds is 8. The first-order valence-corrected chi connectivity index (χ1v) is 12.3. The van der Waals surface area contributed by atoms with E-state index in [4.69, 9.17) is 14.2 Å². The molecule has 1 aliphatic rings. The molecule has 3 aromatic rings. The second kappa shape index (κ2) is 11.1. The Labute approximate surface area is 203 Å². The van der Waals surface area contributed by atoms with Crippen LogP contribution in [0.2, 0.25) is 0 Å². The minimum absolute atomic E-state index is 0.0753. The van der Waals surface area contributed by atoms with Gasteiger partial charge >= 0.3 is 5.97 Å². The molecule has 9 nitrogen and oxygen atoms in total. The van der Waals surface area contributed by atoms with Gasteiger partial charge in [0.05, 0.1) is 23.7 Å². The van der Waals surface area contributed by atoms with E-state index in [1.54, 1.807) is 24.3 Å². The van der Waals surface area contributed by atoms with E-state index in [1.807, 2.05) is 30.3 Å². The number of sulfonamides is 1. The number of carbonyl (C=O) groups excluding carboxylic acids is 2. The number of benzene rings is 3. The van der Waals surface area contributed by atoms with E-state index in [2.05, 4.69) is 5.32 Å². The summed E-state index contributed by atoms with van der Waals surface area (Å²) in [5, 5.41) is 2.65. The summed E-state index contributed by atoms with van der Waals surface area (Å²) in [6, 6.07) is 21.5. The number of hydrogen-bond acceptors (Lipinski definition) is 7. The molecule has 0 atom stereocenters. The van der Waals surface area contributed by atoms with Gasteiger partial charge in [-0.1, -0.05) is 24.3 Å². The zero-order chi connectivity index (χ0) is 24.7. The van der Waals surface area contributed by atoms with Crippen molar-refractivity contribution < 1.29 is 32.2 Å². The molecule has 0 aliphatic carbocycles. The van der Waals surface area contributed by atoms with E-state index >= 15 is 0 Å². The van der Waals surface area contributed by atoms with Crippen LogP contribution in [0.15, 0.2) is 83.8 Å². The summed E-state index contributed by atoms with van der Waals surface area (Å²) in [5.74, 6) is -0.0647. The molecule has 1 saturated heterocycles. The fourth-order valence-corrected chi connectivity index (χ4v) is 4.78. The molecule has 3 aromatic carbocycles. The lowest BCUT2D eigenvalue weighted by molar-refractivity contribution is -0.119. The first kappa shape index (κ1) is 24.4. The summed E-state index contributed by atoms with van der Waals surface area (Å²) in [7, 11) is -3.66. The molecule has 10 heteroatoms. The zero-order valence-electron chi connectivity index (χ0n) is 18.8. The van der Waals surface area contributed by atoms with Crippen LogP contribution in [0.4, 0.5) is 5.69 Å². The lowest BCUT2D eigenvalue weighted by Gasteiger charge is -2.26. The van der Waals surface area contributed by atoms with Crippen molar-refractivity contribution in [1.82, 2.24) is 4.31 Å². The standard InChI is InChI=1S/C25H24N2O7S/c28-24(26-20-5-4-8-22(17-20)34-21-6-2-1-3-7-21)18-33-25(29)19-9-11-23(12-10-19)35(30,31)27-13-15-32-16-14-27/h1-12,17H,13-16,18H2,(H,26,28). The van der Waals surface area contributed by atoms with Crippen molar-refractivity contribution >= 4 is 27.6 Å². The van der Waals surface area contributed by atoms with Crippen LogP contribution in [0.25, 0.3) is 0 Å².